The predicted molar refractivity (Wildman–Crippen MR) is 183 cm³/mol. The van der Waals surface area contributed by atoms with Crippen LogP contribution in [0.25, 0.3) is 98.1 Å². The van der Waals surface area contributed by atoms with Crippen molar-refractivity contribution in [3.63, 3.8) is 0 Å². The lowest BCUT2D eigenvalue weighted by Gasteiger charge is -2.19. The van der Waals surface area contributed by atoms with Gasteiger partial charge < -0.3 is 4.42 Å². The molecule has 0 saturated heterocycles. The van der Waals surface area contributed by atoms with E-state index in [-0.39, 0.29) is 0 Å². The van der Waals surface area contributed by atoms with Crippen LogP contribution in [-0.4, -0.2) is 0 Å². The van der Waals surface area contributed by atoms with E-state index in [0.29, 0.717) is 0 Å². The van der Waals surface area contributed by atoms with E-state index in [2.05, 4.69) is 140 Å². The van der Waals surface area contributed by atoms with E-state index in [4.69, 9.17) is 4.42 Å². The SMILES string of the molecule is c1ccc(-c2cc3c4ccccc4c4cccc5c6cc(-c7cccc8c7oc7ccccc78)ccc6c(c2)c3c45)cc1. The zero-order chi connectivity index (χ0) is 28.1. The van der Waals surface area contributed by atoms with Gasteiger partial charge in [-0.1, -0.05) is 121 Å². The minimum absolute atomic E-state index is 0.925. The molecule has 9 aromatic carbocycles. The van der Waals surface area contributed by atoms with Gasteiger partial charge in [0.05, 0.1) is 0 Å². The number of para-hydroxylation sites is 2. The molecule has 0 N–H and O–H groups in total. The summed E-state index contributed by atoms with van der Waals surface area (Å²) in [5.74, 6) is 0. The summed E-state index contributed by atoms with van der Waals surface area (Å²) < 4.78 is 6.46. The fourth-order valence-corrected chi connectivity index (χ4v) is 7.50. The number of hydrogen-bond donors (Lipinski definition) is 0. The predicted octanol–water partition coefficient (Wildman–Crippen LogP) is 12.1. The molecule has 0 amide bonds. The Morgan fingerprint density at radius 1 is 0.302 bits per heavy atom. The Hall–Kier alpha value is -5.66. The topological polar surface area (TPSA) is 13.1 Å². The Labute approximate surface area is 247 Å². The average Bonchev–Trinajstić information content (AvgIpc) is 3.47. The number of benzene rings is 9. The Balaban J connectivity index is 1.37. The van der Waals surface area contributed by atoms with Crippen molar-refractivity contribution in [2.75, 3.05) is 0 Å². The fourth-order valence-electron chi connectivity index (χ4n) is 7.50. The second kappa shape index (κ2) is 8.44. The third-order valence-corrected chi connectivity index (χ3v) is 9.38. The van der Waals surface area contributed by atoms with Crippen LogP contribution in [0.4, 0.5) is 0 Å². The van der Waals surface area contributed by atoms with Crippen LogP contribution in [0.3, 0.4) is 0 Å². The summed E-state index contributed by atoms with van der Waals surface area (Å²) in [5, 5.41) is 15.4. The molecule has 1 heterocycles. The Kier molecular flexibility index (Phi) is 4.51. The molecule has 0 aliphatic heterocycles. The molecule has 0 saturated carbocycles. The number of rotatable bonds is 2. The van der Waals surface area contributed by atoms with Gasteiger partial charge in [-0.2, -0.15) is 0 Å². The highest BCUT2D eigenvalue weighted by molar-refractivity contribution is 6.40. The minimum atomic E-state index is 0.925. The summed E-state index contributed by atoms with van der Waals surface area (Å²) in [5.41, 5.74) is 6.63. The van der Waals surface area contributed by atoms with E-state index in [1.54, 1.807) is 0 Å². The van der Waals surface area contributed by atoms with Crippen molar-refractivity contribution in [2.45, 2.75) is 0 Å². The van der Waals surface area contributed by atoms with Crippen LogP contribution < -0.4 is 0 Å². The summed E-state index contributed by atoms with van der Waals surface area (Å²) >= 11 is 0. The van der Waals surface area contributed by atoms with E-state index in [9.17, 15) is 0 Å². The Morgan fingerprint density at radius 3 is 1.67 bits per heavy atom. The van der Waals surface area contributed by atoms with E-state index in [1.165, 1.54) is 70.6 Å². The van der Waals surface area contributed by atoms with Gasteiger partial charge in [0.1, 0.15) is 11.2 Å². The van der Waals surface area contributed by atoms with Crippen molar-refractivity contribution < 1.29 is 4.42 Å². The van der Waals surface area contributed by atoms with Crippen molar-refractivity contribution in [1.29, 1.82) is 0 Å². The molecule has 10 rings (SSSR count). The number of furan rings is 1. The lowest BCUT2D eigenvalue weighted by molar-refractivity contribution is 0.670. The molecule has 0 unspecified atom stereocenters. The first kappa shape index (κ1) is 23.0. The third kappa shape index (κ3) is 3.11. The maximum atomic E-state index is 6.46. The van der Waals surface area contributed by atoms with Gasteiger partial charge in [-0.3, -0.25) is 0 Å². The molecule has 198 valence electrons. The van der Waals surface area contributed by atoms with E-state index in [0.717, 1.165) is 27.5 Å². The maximum absolute atomic E-state index is 6.46. The van der Waals surface area contributed by atoms with Crippen LogP contribution in [0.1, 0.15) is 0 Å². The normalized spacial score (nSPS) is 12.2. The molecular formula is C42H24O. The highest BCUT2D eigenvalue weighted by atomic mass is 16.3. The fraction of sp³-hybridized carbons (Fsp3) is 0. The van der Waals surface area contributed by atoms with Crippen LogP contribution in [0.15, 0.2) is 150 Å². The zero-order valence-corrected chi connectivity index (χ0v) is 23.3. The van der Waals surface area contributed by atoms with Crippen LogP contribution in [0.2, 0.25) is 0 Å². The molecule has 0 bridgehead atoms. The monoisotopic (exact) mass is 544 g/mol. The Bertz CT molecular complexity index is 2710. The summed E-state index contributed by atoms with van der Waals surface area (Å²) in [6.45, 7) is 0. The summed E-state index contributed by atoms with van der Waals surface area (Å²) in [7, 11) is 0. The quantitative estimate of drug-likeness (QED) is 0.156. The highest BCUT2D eigenvalue weighted by Crippen LogP contribution is 2.47. The standard InChI is InChI=1S/C42H24O/c1-2-10-25(11-3-1)27-23-37-30-13-5-4-12-29(30)33-16-9-17-34-36-22-26(20-21-31(36)38(24-27)41(37)40(33)34)28-15-8-18-35-32-14-6-7-19-39(32)43-42(28)35/h1-24H. The van der Waals surface area contributed by atoms with Gasteiger partial charge in [0.2, 0.25) is 0 Å². The molecule has 0 spiro atoms. The van der Waals surface area contributed by atoms with Crippen molar-refractivity contribution in [3.8, 4) is 22.3 Å². The minimum Gasteiger partial charge on any atom is -0.455 e. The van der Waals surface area contributed by atoms with Crippen LogP contribution in [0.5, 0.6) is 0 Å². The third-order valence-electron chi connectivity index (χ3n) is 9.38. The number of hydrogen-bond acceptors (Lipinski definition) is 1. The van der Waals surface area contributed by atoms with Gasteiger partial charge in [-0.15, -0.1) is 0 Å². The summed E-state index contributed by atoms with van der Waals surface area (Å²) in [4.78, 5) is 0. The van der Waals surface area contributed by atoms with Crippen molar-refractivity contribution in [3.05, 3.63) is 146 Å². The molecule has 43 heavy (non-hydrogen) atoms. The largest absolute Gasteiger partial charge is 0.455 e. The Morgan fingerprint density at radius 2 is 0.860 bits per heavy atom. The molecule has 0 aliphatic rings. The molecule has 1 aromatic heterocycles. The first-order valence-electron chi connectivity index (χ1n) is 14.9. The summed E-state index contributed by atoms with van der Waals surface area (Å²) in [6.07, 6.45) is 0. The molecule has 1 heteroatoms. The molecule has 0 radical (unpaired) electrons. The first-order chi connectivity index (χ1) is 21.3. The summed E-state index contributed by atoms with van der Waals surface area (Å²) in [6, 6.07) is 53.0. The van der Waals surface area contributed by atoms with E-state index in [1.807, 2.05) is 6.07 Å². The van der Waals surface area contributed by atoms with Gasteiger partial charge in [0, 0.05) is 16.3 Å². The second-order valence-electron chi connectivity index (χ2n) is 11.6. The van der Waals surface area contributed by atoms with Crippen molar-refractivity contribution in [1.82, 2.24) is 0 Å². The van der Waals surface area contributed by atoms with E-state index >= 15 is 0 Å². The number of fused-ring (bicyclic) bond motifs is 9. The molecule has 10 aromatic rings. The van der Waals surface area contributed by atoms with Gasteiger partial charge in [-0.05, 0) is 94.8 Å². The lowest BCUT2D eigenvalue weighted by atomic mass is 9.84. The molecule has 0 atom stereocenters. The lowest BCUT2D eigenvalue weighted by Crippen LogP contribution is -1.91. The van der Waals surface area contributed by atoms with E-state index < -0.39 is 0 Å². The van der Waals surface area contributed by atoms with Crippen LogP contribution in [0, 0.1) is 0 Å². The molecule has 1 nitrogen and oxygen atoms in total. The van der Waals surface area contributed by atoms with Crippen LogP contribution in [-0.2, 0) is 0 Å². The zero-order valence-electron chi connectivity index (χ0n) is 23.3. The molecule has 0 aliphatic carbocycles. The molecule has 0 fully saturated rings. The highest BCUT2D eigenvalue weighted by Gasteiger charge is 2.19. The first-order valence-corrected chi connectivity index (χ1v) is 14.9. The van der Waals surface area contributed by atoms with Gasteiger partial charge in [-0.25, -0.2) is 0 Å². The van der Waals surface area contributed by atoms with Crippen molar-refractivity contribution >= 4 is 75.8 Å². The van der Waals surface area contributed by atoms with Gasteiger partial charge >= 0.3 is 0 Å². The maximum Gasteiger partial charge on any atom is 0.143 e. The van der Waals surface area contributed by atoms with Crippen molar-refractivity contribution in [2.24, 2.45) is 0 Å². The smallest absolute Gasteiger partial charge is 0.143 e. The molecular weight excluding hydrogens is 520 g/mol. The van der Waals surface area contributed by atoms with Gasteiger partial charge in [0.25, 0.3) is 0 Å². The van der Waals surface area contributed by atoms with Crippen LogP contribution >= 0.6 is 0 Å². The second-order valence-corrected chi connectivity index (χ2v) is 11.6. The average molecular weight is 545 g/mol. The van der Waals surface area contributed by atoms with Gasteiger partial charge in [0.15, 0.2) is 0 Å².